The van der Waals surface area contributed by atoms with Crippen LogP contribution in [-0.2, 0) is 10.0 Å². The highest BCUT2D eigenvalue weighted by atomic mass is 32.2. The number of hydrogen-bond donors (Lipinski definition) is 3. The van der Waals surface area contributed by atoms with Crippen LogP contribution in [0.3, 0.4) is 0 Å². The zero-order valence-corrected chi connectivity index (χ0v) is 13.7. The van der Waals surface area contributed by atoms with Crippen LogP contribution < -0.4 is 10.0 Å². The fourth-order valence-corrected chi connectivity index (χ4v) is 3.64. The fourth-order valence-electron chi connectivity index (χ4n) is 2.89. The highest BCUT2D eigenvalue weighted by Gasteiger charge is 2.27. The molecule has 0 amide bonds. The van der Waals surface area contributed by atoms with Gasteiger partial charge in [0.15, 0.2) is 0 Å². The Morgan fingerprint density at radius 3 is 2.65 bits per heavy atom. The Labute approximate surface area is 135 Å². The number of nitro benzene ring substituents is 1. The van der Waals surface area contributed by atoms with Gasteiger partial charge in [-0.25, -0.2) is 13.1 Å². The first kappa shape index (κ1) is 17.6. The van der Waals surface area contributed by atoms with Crippen molar-refractivity contribution in [2.24, 2.45) is 5.92 Å². The summed E-state index contributed by atoms with van der Waals surface area (Å²) in [5, 5.41) is 23.8. The number of aliphatic hydroxyl groups excluding tert-OH is 1. The van der Waals surface area contributed by atoms with E-state index in [0.29, 0.717) is 0 Å². The number of hydrogen-bond acceptors (Lipinski definition) is 6. The lowest BCUT2D eigenvalue weighted by Gasteiger charge is -2.31. The van der Waals surface area contributed by atoms with Crippen molar-refractivity contribution in [3.05, 3.63) is 28.3 Å². The van der Waals surface area contributed by atoms with Crippen molar-refractivity contribution in [3.63, 3.8) is 0 Å². The van der Waals surface area contributed by atoms with Gasteiger partial charge in [0, 0.05) is 24.6 Å². The van der Waals surface area contributed by atoms with E-state index in [1.165, 1.54) is 19.2 Å². The van der Waals surface area contributed by atoms with Gasteiger partial charge >= 0.3 is 0 Å². The van der Waals surface area contributed by atoms with Gasteiger partial charge in [-0.3, -0.25) is 10.1 Å². The number of nitrogens with one attached hydrogen (secondary N) is 2. The molecule has 1 aromatic carbocycles. The third-order valence-corrected chi connectivity index (χ3v) is 5.64. The SMILES string of the molecule is CNS(=O)(=O)c1ccc(N[C@H]2CCCC[C@@H]2CO)c([N+](=O)[O-])c1. The molecule has 3 N–H and O–H groups in total. The first-order chi connectivity index (χ1) is 10.9. The Bertz CT molecular complexity index is 677. The summed E-state index contributed by atoms with van der Waals surface area (Å²) in [6.45, 7) is 0.0255. The summed E-state index contributed by atoms with van der Waals surface area (Å²) in [7, 11) is -2.49. The van der Waals surface area contributed by atoms with Crippen molar-refractivity contribution in [3.8, 4) is 0 Å². The molecule has 0 aromatic heterocycles. The highest BCUT2D eigenvalue weighted by molar-refractivity contribution is 7.89. The van der Waals surface area contributed by atoms with E-state index in [2.05, 4.69) is 10.0 Å². The van der Waals surface area contributed by atoms with Crippen molar-refractivity contribution in [1.82, 2.24) is 4.72 Å². The van der Waals surface area contributed by atoms with Crippen molar-refractivity contribution in [1.29, 1.82) is 0 Å². The topological polar surface area (TPSA) is 122 Å². The van der Waals surface area contributed by atoms with E-state index in [0.717, 1.165) is 31.7 Å². The van der Waals surface area contributed by atoms with Gasteiger partial charge in [-0.2, -0.15) is 0 Å². The lowest BCUT2D eigenvalue weighted by Crippen LogP contribution is -2.34. The zero-order chi connectivity index (χ0) is 17.0. The minimum atomic E-state index is -3.74. The molecule has 1 aromatic rings. The molecule has 0 unspecified atom stereocenters. The van der Waals surface area contributed by atoms with Crippen LogP contribution in [0.15, 0.2) is 23.1 Å². The summed E-state index contributed by atoms with van der Waals surface area (Å²) in [4.78, 5) is 10.5. The highest BCUT2D eigenvalue weighted by Crippen LogP contribution is 2.32. The third kappa shape index (κ3) is 3.98. The smallest absolute Gasteiger partial charge is 0.293 e. The quantitative estimate of drug-likeness (QED) is 0.531. The summed E-state index contributed by atoms with van der Waals surface area (Å²) >= 11 is 0. The maximum atomic E-state index is 11.8. The molecule has 1 fully saturated rings. The molecule has 2 atom stereocenters. The second-order valence-corrected chi connectivity index (χ2v) is 7.51. The van der Waals surface area contributed by atoms with Crippen LogP contribution >= 0.6 is 0 Å². The number of rotatable bonds is 6. The molecule has 128 valence electrons. The molecular formula is C14H21N3O5S. The fraction of sp³-hybridized carbons (Fsp3) is 0.571. The molecule has 2 rings (SSSR count). The molecule has 1 saturated carbocycles. The van der Waals surface area contributed by atoms with E-state index in [4.69, 9.17) is 0 Å². The monoisotopic (exact) mass is 343 g/mol. The molecule has 0 bridgehead atoms. The standard InChI is InChI=1S/C14H21N3O5S/c1-15-23(21,22)11-6-7-13(14(8-11)17(19)20)16-12-5-3-2-4-10(12)9-18/h6-8,10,12,15-16,18H,2-5,9H2,1H3/t10-,12+/m1/s1. The minimum Gasteiger partial charge on any atom is -0.396 e. The number of aliphatic hydroxyl groups is 1. The van der Waals surface area contributed by atoms with Crippen LogP contribution in [0.1, 0.15) is 25.7 Å². The summed E-state index contributed by atoms with van der Waals surface area (Å²) in [6.07, 6.45) is 3.71. The van der Waals surface area contributed by atoms with Gasteiger partial charge in [0.2, 0.25) is 10.0 Å². The zero-order valence-electron chi connectivity index (χ0n) is 12.9. The molecule has 1 aliphatic carbocycles. The maximum Gasteiger partial charge on any atom is 0.293 e. The van der Waals surface area contributed by atoms with Crippen LogP contribution in [0, 0.1) is 16.0 Å². The second-order valence-electron chi connectivity index (χ2n) is 5.62. The van der Waals surface area contributed by atoms with Gasteiger partial charge in [-0.1, -0.05) is 12.8 Å². The number of nitro groups is 1. The van der Waals surface area contributed by atoms with Gasteiger partial charge in [-0.05, 0) is 32.0 Å². The van der Waals surface area contributed by atoms with Gasteiger partial charge in [-0.15, -0.1) is 0 Å². The Balaban J connectivity index is 2.33. The first-order valence-corrected chi connectivity index (χ1v) is 8.96. The predicted octanol–water partition coefficient (Wildman–Crippen LogP) is 1.47. The molecular weight excluding hydrogens is 322 g/mol. The van der Waals surface area contributed by atoms with Crippen LogP contribution in [0.25, 0.3) is 0 Å². The molecule has 1 aliphatic rings. The van der Waals surface area contributed by atoms with Crippen molar-refractivity contribution in [2.45, 2.75) is 36.6 Å². The van der Waals surface area contributed by atoms with E-state index in [1.54, 1.807) is 0 Å². The normalized spacial score (nSPS) is 21.8. The molecule has 0 radical (unpaired) electrons. The van der Waals surface area contributed by atoms with Crippen molar-refractivity contribution >= 4 is 21.4 Å². The largest absolute Gasteiger partial charge is 0.396 e. The van der Waals surface area contributed by atoms with Gasteiger partial charge in [0.25, 0.3) is 5.69 Å². The number of benzene rings is 1. The molecule has 0 heterocycles. The first-order valence-electron chi connectivity index (χ1n) is 7.48. The Hall–Kier alpha value is -1.71. The summed E-state index contributed by atoms with van der Waals surface area (Å²) in [5.74, 6) is 0.0454. The van der Waals surface area contributed by atoms with Crippen LogP contribution in [-0.4, -0.2) is 38.1 Å². The molecule has 0 spiro atoms. The molecule has 0 saturated heterocycles. The van der Waals surface area contributed by atoms with Gasteiger partial charge in [0.1, 0.15) is 5.69 Å². The predicted molar refractivity (Wildman–Crippen MR) is 85.8 cm³/mol. The minimum absolute atomic E-state index is 0.0255. The van der Waals surface area contributed by atoms with E-state index >= 15 is 0 Å². The van der Waals surface area contributed by atoms with Gasteiger partial charge < -0.3 is 10.4 Å². The Morgan fingerprint density at radius 1 is 1.35 bits per heavy atom. The summed E-state index contributed by atoms with van der Waals surface area (Å²) < 4.78 is 25.7. The third-order valence-electron chi connectivity index (χ3n) is 4.23. The number of sulfonamides is 1. The molecule has 9 heteroatoms. The molecule has 8 nitrogen and oxygen atoms in total. The van der Waals surface area contributed by atoms with Crippen molar-refractivity contribution < 1.29 is 18.4 Å². The maximum absolute atomic E-state index is 11.8. The van der Waals surface area contributed by atoms with E-state index < -0.39 is 14.9 Å². The average Bonchev–Trinajstić information content (AvgIpc) is 2.55. The number of nitrogens with zero attached hydrogens (tertiary/aromatic N) is 1. The number of anilines is 1. The average molecular weight is 343 g/mol. The molecule has 23 heavy (non-hydrogen) atoms. The lowest BCUT2D eigenvalue weighted by atomic mass is 9.85. The lowest BCUT2D eigenvalue weighted by molar-refractivity contribution is -0.384. The van der Waals surface area contributed by atoms with Crippen LogP contribution in [0.2, 0.25) is 0 Å². The van der Waals surface area contributed by atoms with E-state index in [9.17, 15) is 23.6 Å². The molecule has 0 aliphatic heterocycles. The van der Waals surface area contributed by atoms with Crippen LogP contribution in [0.5, 0.6) is 0 Å². The van der Waals surface area contributed by atoms with Gasteiger partial charge in [0.05, 0.1) is 9.82 Å². The second kappa shape index (κ2) is 7.24. The van der Waals surface area contributed by atoms with E-state index in [1.807, 2.05) is 0 Å². The Morgan fingerprint density at radius 2 is 2.04 bits per heavy atom. The summed E-state index contributed by atoms with van der Waals surface area (Å²) in [5.41, 5.74) is -0.0148. The summed E-state index contributed by atoms with van der Waals surface area (Å²) in [6, 6.07) is 3.73. The van der Waals surface area contributed by atoms with Crippen molar-refractivity contribution in [2.75, 3.05) is 19.0 Å². The van der Waals surface area contributed by atoms with E-state index in [-0.39, 0.29) is 34.8 Å². The Kier molecular flexibility index (Phi) is 5.55. The van der Waals surface area contributed by atoms with Crippen LogP contribution in [0.4, 0.5) is 11.4 Å².